The van der Waals surface area contributed by atoms with Crippen molar-refractivity contribution in [2.45, 2.75) is 17.6 Å². The minimum absolute atomic E-state index is 0.386. The summed E-state index contributed by atoms with van der Waals surface area (Å²) in [5.41, 5.74) is 0. The summed E-state index contributed by atoms with van der Waals surface area (Å²) >= 11 is 3.09. The Morgan fingerprint density at radius 1 is 1.00 bits per heavy atom. The van der Waals surface area contributed by atoms with Crippen LogP contribution in [0.4, 0.5) is 0 Å². The highest BCUT2D eigenvalue weighted by Gasteiger charge is 2.18. The second-order valence-electron chi connectivity index (χ2n) is 4.43. The maximum absolute atomic E-state index is 12.3. The van der Waals surface area contributed by atoms with Gasteiger partial charge in [0.1, 0.15) is 4.21 Å². The van der Waals surface area contributed by atoms with Gasteiger partial charge in [0.25, 0.3) is 10.0 Å². The third-order valence-electron chi connectivity index (χ3n) is 2.89. The van der Waals surface area contributed by atoms with E-state index < -0.39 is 10.0 Å². The fourth-order valence-corrected chi connectivity index (χ4v) is 5.60. The first-order valence-corrected chi connectivity index (χ1v) is 9.15. The largest absolute Gasteiger partial charge is 0.277 e. The second-order valence-corrected chi connectivity index (χ2v) is 9.04. The van der Waals surface area contributed by atoms with E-state index >= 15 is 0 Å². The van der Waals surface area contributed by atoms with Gasteiger partial charge in [-0.05, 0) is 43.3 Å². The lowest BCUT2D eigenvalue weighted by molar-refractivity contribution is 0.589. The van der Waals surface area contributed by atoms with Crippen LogP contribution in [0.3, 0.4) is 0 Å². The number of thiophene rings is 2. The maximum Gasteiger partial charge on any atom is 0.277 e. The van der Waals surface area contributed by atoms with Gasteiger partial charge in [0, 0.05) is 33.4 Å². The SMILES string of the molecule is Cc1ccc(Cc2ccc(S(=O)(=O)n3cccc3)s2)s1. The van der Waals surface area contributed by atoms with E-state index in [1.807, 2.05) is 6.07 Å². The molecule has 0 N–H and O–H groups in total. The first kappa shape index (κ1) is 13.6. The topological polar surface area (TPSA) is 39.1 Å². The molecular formula is C14H13NO2S3. The van der Waals surface area contributed by atoms with E-state index in [4.69, 9.17) is 0 Å². The Balaban J connectivity index is 1.87. The number of aromatic nitrogens is 1. The lowest BCUT2D eigenvalue weighted by Crippen LogP contribution is -2.08. The monoisotopic (exact) mass is 323 g/mol. The molecule has 0 amide bonds. The van der Waals surface area contributed by atoms with Gasteiger partial charge in [-0.15, -0.1) is 22.7 Å². The molecule has 3 aromatic rings. The van der Waals surface area contributed by atoms with Crippen molar-refractivity contribution in [3.8, 4) is 0 Å². The number of aryl methyl sites for hydroxylation is 1. The van der Waals surface area contributed by atoms with Gasteiger partial charge >= 0.3 is 0 Å². The molecule has 0 saturated carbocycles. The van der Waals surface area contributed by atoms with Gasteiger partial charge in [0.2, 0.25) is 0 Å². The molecule has 0 radical (unpaired) electrons. The summed E-state index contributed by atoms with van der Waals surface area (Å²) in [5.74, 6) is 0. The molecule has 0 aliphatic carbocycles. The van der Waals surface area contributed by atoms with Gasteiger partial charge < -0.3 is 0 Å². The molecule has 3 aromatic heterocycles. The van der Waals surface area contributed by atoms with Gasteiger partial charge in [0.05, 0.1) is 0 Å². The van der Waals surface area contributed by atoms with E-state index in [2.05, 4.69) is 19.1 Å². The van der Waals surface area contributed by atoms with Crippen LogP contribution in [0.25, 0.3) is 0 Å². The van der Waals surface area contributed by atoms with Crippen molar-refractivity contribution in [2.24, 2.45) is 0 Å². The van der Waals surface area contributed by atoms with Gasteiger partial charge in [-0.3, -0.25) is 0 Å². The predicted molar refractivity (Wildman–Crippen MR) is 83.2 cm³/mol. The molecule has 3 heterocycles. The third-order valence-corrected chi connectivity index (χ3v) is 7.10. The van der Waals surface area contributed by atoms with Gasteiger partial charge in [0.15, 0.2) is 0 Å². The maximum atomic E-state index is 12.3. The quantitative estimate of drug-likeness (QED) is 0.733. The molecule has 0 unspecified atom stereocenters. The van der Waals surface area contributed by atoms with E-state index in [-0.39, 0.29) is 0 Å². The summed E-state index contributed by atoms with van der Waals surface area (Å²) in [6.07, 6.45) is 3.90. The Morgan fingerprint density at radius 3 is 2.30 bits per heavy atom. The molecule has 0 aromatic carbocycles. The second kappa shape index (κ2) is 5.20. The van der Waals surface area contributed by atoms with Gasteiger partial charge in [-0.1, -0.05) is 0 Å². The Kier molecular flexibility index (Phi) is 3.54. The summed E-state index contributed by atoms with van der Waals surface area (Å²) < 4.78 is 26.3. The zero-order chi connectivity index (χ0) is 14.2. The van der Waals surface area contributed by atoms with E-state index in [0.717, 1.165) is 11.3 Å². The molecule has 0 fully saturated rings. The molecule has 3 nitrogen and oxygen atoms in total. The lowest BCUT2D eigenvalue weighted by atomic mass is 10.3. The van der Waals surface area contributed by atoms with Crippen LogP contribution in [-0.4, -0.2) is 12.4 Å². The van der Waals surface area contributed by atoms with Crippen LogP contribution in [0, 0.1) is 6.92 Å². The Labute approximate surface area is 126 Å². The summed E-state index contributed by atoms with van der Waals surface area (Å²) in [5, 5.41) is 0. The summed E-state index contributed by atoms with van der Waals surface area (Å²) in [6.45, 7) is 2.07. The van der Waals surface area contributed by atoms with Crippen LogP contribution in [0.2, 0.25) is 0 Å². The van der Waals surface area contributed by atoms with Gasteiger partial charge in [-0.25, -0.2) is 3.97 Å². The number of rotatable bonds is 4. The minimum atomic E-state index is -3.42. The van der Waals surface area contributed by atoms with Crippen molar-refractivity contribution in [1.29, 1.82) is 0 Å². The number of hydrogen-bond acceptors (Lipinski definition) is 4. The van der Waals surface area contributed by atoms with E-state index in [1.54, 1.807) is 41.9 Å². The van der Waals surface area contributed by atoms with Crippen LogP contribution >= 0.6 is 22.7 Å². The van der Waals surface area contributed by atoms with E-state index in [1.165, 1.54) is 25.1 Å². The minimum Gasteiger partial charge on any atom is -0.248 e. The molecule has 0 bridgehead atoms. The number of nitrogens with zero attached hydrogens (tertiary/aromatic N) is 1. The fourth-order valence-electron chi connectivity index (χ4n) is 1.93. The zero-order valence-electron chi connectivity index (χ0n) is 10.8. The highest BCUT2D eigenvalue weighted by molar-refractivity contribution is 7.92. The third kappa shape index (κ3) is 2.59. The average molecular weight is 323 g/mol. The molecule has 0 aliphatic rings. The van der Waals surface area contributed by atoms with Crippen molar-refractivity contribution >= 4 is 32.7 Å². The standard InChI is InChI=1S/C14H13NO2S3/c1-11-4-5-12(18-11)10-13-6-7-14(19-13)20(16,17)15-8-2-3-9-15/h2-9H,10H2,1H3. The molecule has 20 heavy (non-hydrogen) atoms. The highest BCUT2D eigenvalue weighted by atomic mass is 32.2. The number of hydrogen-bond donors (Lipinski definition) is 0. The molecule has 0 atom stereocenters. The normalized spacial score (nSPS) is 11.8. The Bertz CT molecular complexity index is 810. The molecule has 104 valence electrons. The van der Waals surface area contributed by atoms with Crippen molar-refractivity contribution in [1.82, 2.24) is 3.97 Å². The molecular weight excluding hydrogens is 310 g/mol. The predicted octanol–water partition coefficient (Wildman–Crippen LogP) is 3.75. The van der Waals surface area contributed by atoms with Crippen LogP contribution in [0.15, 0.2) is 53.0 Å². The first-order valence-electron chi connectivity index (χ1n) is 6.08. The molecule has 0 spiro atoms. The van der Waals surface area contributed by atoms with Crippen molar-refractivity contribution in [3.05, 3.63) is 63.4 Å². The summed E-state index contributed by atoms with van der Waals surface area (Å²) in [7, 11) is -3.42. The van der Waals surface area contributed by atoms with Crippen LogP contribution < -0.4 is 0 Å². The van der Waals surface area contributed by atoms with Crippen LogP contribution in [0.1, 0.15) is 14.6 Å². The summed E-state index contributed by atoms with van der Waals surface area (Å²) in [4.78, 5) is 3.60. The Hall–Kier alpha value is -1.37. The molecule has 0 aliphatic heterocycles. The molecule has 6 heteroatoms. The Morgan fingerprint density at radius 2 is 1.65 bits per heavy atom. The van der Waals surface area contributed by atoms with Crippen LogP contribution in [0.5, 0.6) is 0 Å². The zero-order valence-corrected chi connectivity index (χ0v) is 13.3. The van der Waals surface area contributed by atoms with Crippen molar-refractivity contribution in [3.63, 3.8) is 0 Å². The molecule has 3 rings (SSSR count). The smallest absolute Gasteiger partial charge is 0.248 e. The van der Waals surface area contributed by atoms with E-state index in [9.17, 15) is 8.42 Å². The van der Waals surface area contributed by atoms with E-state index in [0.29, 0.717) is 4.21 Å². The van der Waals surface area contributed by atoms with Crippen molar-refractivity contribution in [2.75, 3.05) is 0 Å². The summed E-state index contributed by atoms with van der Waals surface area (Å²) in [6, 6.07) is 11.2. The first-order chi connectivity index (χ1) is 9.55. The van der Waals surface area contributed by atoms with Crippen molar-refractivity contribution < 1.29 is 8.42 Å². The van der Waals surface area contributed by atoms with Gasteiger partial charge in [-0.2, -0.15) is 8.42 Å². The molecule has 0 saturated heterocycles. The average Bonchev–Trinajstić information content (AvgIpc) is 3.11. The highest BCUT2D eigenvalue weighted by Crippen LogP contribution is 2.27. The van der Waals surface area contributed by atoms with Crippen LogP contribution in [-0.2, 0) is 16.4 Å². The fraction of sp³-hybridized carbons (Fsp3) is 0.143. The lowest BCUT2D eigenvalue weighted by Gasteiger charge is -2.01.